The van der Waals surface area contributed by atoms with Crippen molar-refractivity contribution in [2.75, 3.05) is 6.61 Å². The molecule has 1 amide bonds. The maximum Gasteiger partial charge on any atom is 0.220 e. The third-order valence-electron chi connectivity index (χ3n) is 7.44. The van der Waals surface area contributed by atoms with Gasteiger partial charge in [0, 0.05) is 6.42 Å². The van der Waals surface area contributed by atoms with Crippen molar-refractivity contribution in [2.45, 2.75) is 180 Å². The Bertz CT molecular complexity index is 546. The summed E-state index contributed by atoms with van der Waals surface area (Å²) in [7, 11) is 0. The molecule has 0 aromatic rings. The van der Waals surface area contributed by atoms with Gasteiger partial charge >= 0.3 is 0 Å². The van der Waals surface area contributed by atoms with Gasteiger partial charge in [0.2, 0.25) is 5.91 Å². The van der Waals surface area contributed by atoms with Crippen LogP contribution in [-0.2, 0) is 4.79 Å². The highest BCUT2D eigenvalue weighted by Crippen LogP contribution is 2.13. The molecule has 0 spiro atoms. The van der Waals surface area contributed by atoms with Crippen LogP contribution < -0.4 is 5.32 Å². The third kappa shape index (κ3) is 26.5. The molecule has 0 fully saturated rings. The molecule has 0 aromatic carbocycles. The molecule has 4 heteroatoms. The lowest BCUT2D eigenvalue weighted by atomic mass is 10.0. The summed E-state index contributed by atoms with van der Waals surface area (Å²) in [4.78, 5) is 12.2. The Morgan fingerprint density at radius 3 is 1.53 bits per heavy atom. The van der Waals surface area contributed by atoms with Crippen molar-refractivity contribution in [1.82, 2.24) is 5.32 Å². The molecular weight excluding hydrogens is 470 g/mol. The molecular formula is C34H65NO3. The number of hydrogen-bond donors (Lipinski definition) is 3. The van der Waals surface area contributed by atoms with E-state index < -0.39 is 12.1 Å². The van der Waals surface area contributed by atoms with E-state index in [4.69, 9.17) is 0 Å². The minimum Gasteiger partial charge on any atom is -0.394 e. The van der Waals surface area contributed by atoms with Crippen LogP contribution >= 0.6 is 0 Å². The second-order valence-corrected chi connectivity index (χ2v) is 11.2. The SMILES string of the molecule is CCCCCCCC/C=C/CC/C=C/[C@@H](O)[C@H](CO)NC(=O)CCCCCCCCCCCCCCCC. The Balaban J connectivity index is 3.68. The summed E-state index contributed by atoms with van der Waals surface area (Å²) in [6.07, 6.45) is 36.8. The third-order valence-corrected chi connectivity index (χ3v) is 7.44. The molecule has 0 rings (SSSR count). The van der Waals surface area contributed by atoms with Gasteiger partial charge in [-0.1, -0.05) is 154 Å². The number of carbonyl (C=O) groups excluding carboxylic acids is 1. The lowest BCUT2D eigenvalue weighted by Gasteiger charge is -2.19. The molecule has 2 atom stereocenters. The number of unbranched alkanes of at least 4 members (excludes halogenated alkanes) is 20. The van der Waals surface area contributed by atoms with Gasteiger partial charge in [-0.05, 0) is 32.1 Å². The first-order valence-corrected chi connectivity index (χ1v) is 16.6. The molecule has 3 N–H and O–H groups in total. The van der Waals surface area contributed by atoms with Crippen molar-refractivity contribution >= 4 is 5.91 Å². The zero-order valence-electron chi connectivity index (χ0n) is 25.4. The largest absolute Gasteiger partial charge is 0.394 e. The van der Waals surface area contributed by atoms with E-state index in [-0.39, 0.29) is 12.5 Å². The van der Waals surface area contributed by atoms with Crippen LogP contribution in [0.3, 0.4) is 0 Å². The molecule has 0 aliphatic heterocycles. The molecule has 0 heterocycles. The second-order valence-electron chi connectivity index (χ2n) is 11.2. The van der Waals surface area contributed by atoms with E-state index in [0.717, 1.165) is 32.1 Å². The average Bonchev–Trinajstić information content (AvgIpc) is 2.92. The van der Waals surface area contributed by atoms with Crippen LogP contribution in [0.2, 0.25) is 0 Å². The molecule has 0 saturated heterocycles. The van der Waals surface area contributed by atoms with Crippen molar-refractivity contribution < 1.29 is 15.0 Å². The fourth-order valence-corrected chi connectivity index (χ4v) is 4.84. The normalized spacial score (nSPS) is 13.5. The number of hydrogen-bond acceptors (Lipinski definition) is 3. The van der Waals surface area contributed by atoms with Crippen LogP contribution in [-0.4, -0.2) is 34.9 Å². The number of allylic oxidation sites excluding steroid dienone is 3. The lowest BCUT2D eigenvalue weighted by molar-refractivity contribution is -0.123. The predicted octanol–water partition coefficient (Wildman–Crippen LogP) is 9.34. The quantitative estimate of drug-likeness (QED) is 0.0660. The van der Waals surface area contributed by atoms with Crippen molar-refractivity contribution in [3.05, 3.63) is 24.3 Å². The molecule has 0 aliphatic rings. The fraction of sp³-hybridized carbons (Fsp3) is 0.853. The predicted molar refractivity (Wildman–Crippen MR) is 165 cm³/mol. The fourth-order valence-electron chi connectivity index (χ4n) is 4.84. The first-order chi connectivity index (χ1) is 18.7. The van der Waals surface area contributed by atoms with Crippen LogP contribution in [0.15, 0.2) is 24.3 Å². The summed E-state index contributed by atoms with van der Waals surface area (Å²) < 4.78 is 0. The highest BCUT2D eigenvalue weighted by molar-refractivity contribution is 5.76. The molecule has 224 valence electrons. The summed E-state index contributed by atoms with van der Waals surface area (Å²) in [5, 5.41) is 22.7. The van der Waals surface area contributed by atoms with Gasteiger partial charge in [-0.2, -0.15) is 0 Å². The maximum absolute atomic E-state index is 12.2. The minimum absolute atomic E-state index is 0.0759. The lowest BCUT2D eigenvalue weighted by Crippen LogP contribution is -2.45. The highest BCUT2D eigenvalue weighted by Gasteiger charge is 2.17. The number of aliphatic hydroxyl groups is 2. The van der Waals surface area contributed by atoms with Gasteiger partial charge in [0.05, 0.1) is 18.8 Å². The van der Waals surface area contributed by atoms with Gasteiger partial charge in [-0.3, -0.25) is 4.79 Å². The molecule has 0 aromatic heterocycles. The molecule has 0 bridgehead atoms. The smallest absolute Gasteiger partial charge is 0.220 e. The Labute approximate surface area is 237 Å². The molecule has 38 heavy (non-hydrogen) atoms. The molecule has 0 radical (unpaired) electrons. The van der Waals surface area contributed by atoms with Crippen LogP contribution in [0.1, 0.15) is 168 Å². The Kier molecular flexibility index (Phi) is 29.5. The van der Waals surface area contributed by atoms with E-state index in [1.54, 1.807) is 6.08 Å². The van der Waals surface area contributed by atoms with Crippen molar-refractivity contribution in [2.24, 2.45) is 0 Å². The Morgan fingerprint density at radius 1 is 0.605 bits per heavy atom. The summed E-state index contributed by atoms with van der Waals surface area (Å²) in [6, 6.07) is -0.631. The summed E-state index contributed by atoms with van der Waals surface area (Å²) in [5.41, 5.74) is 0. The first kappa shape index (κ1) is 36.9. The molecule has 4 nitrogen and oxygen atoms in total. The summed E-state index contributed by atoms with van der Waals surface area (Å²) in [5.74, 6) is -0.0759. The monoisotopic (exact) mass is 535 g/mol. The van der Waals surface area contributed by atoms with E-state index in [1.165, 1.54) is 116 Å². The van der Waals surface area contributed by atoms with E-state index in [0.29, 0.717) is 6.42 Å². The zero-order chi connectivity index (χ0) is 27.9. The van der Waals surface area contributed by atoms with Gasteiger partial charge in [0.15, 0.2) is 0 Å². The number of rotatable bonds is 29. The molecule has 0 aliphatic carbocycles. The Morgan fingerprint density at radius 2 is 1.03 bits per heavy atom. The molecule has 0 saturated carbocycles. The van der Waals surface area contributed by atoms with E-state index >= 15 is 0 Å². The number of amides is 1. The first-order valence-electron chi connectivity index (χ1n) is 16.6. The van der Waals surface area contributed by atoms with Gasteiger partial charge in [-0.25, -0.2) is 0 Å². The van der Waals surface area contributed by atoms with Crippen molar-refractivity contribution in [3.8, 4) is 0 Å². The number of aliphatic hydroxyl groups excluding tert-OH is 2. The van der Waals surface area contributed by atoms with Gasteiger partial charge < -0.3 is 15.5 Å². The minimum atomic E-state index is -0.854. The standard InChI is InChI=1S/C34H65NO3/c1-3-5-7-9-11-13-15-17-18-20-22-24-26-28-30-34(38)35-32(31-36)33(37)29-27-25-23-21-19-16-14-12-10-8-6-4-2/h19,21,27,29,32-33,36-37H,3-18,20,22-26,28,30-31H2,1-2H3,(H,35,38)/b21-19+,29-27+/t32-,33+/m0/s1. The number of carbonyl (C=O) groups is 1. The van der Waals surface area contributed by atoms with E-state index in [9.17, 15) is 15.0 Å². The topological polar surface area (TPSA) is 69.6 Å². The summed E-state index contributed by atoms with van der Waals surface area (Å²) >= 11 is 0. The van der Waals surface area contributed by atoms with Crippen LogP contribution in [0.5, 0.6) is 0 Å². The molecule has 0 unspecified atom stereocenters. The van der Waals surface area contributed by atoms with Crippen molar-refractivity contribution in [1.29, 1.82) is 0 Å². The van der Waals surface area contributed by atoms with E-state index in [1.807, 2.05) is 6.08 Å². The van der Waals surface area contributed by atoms with Gasteiger partial charge in [0.1, 0.15) is 0 Å². The zero-order valence-corrected chi connectivity index (χ0v) is 25.4. The van der Waals surface area contributed by atoms with Crippen molar-refractivity contribution in [3.63, 3.8) is 0 Å². The highest BCUT2D eigenvalue weighted by atomic mass is 16.3. The maximum atomic E-state index is 12.2. The average molecular weight is 536 g/mol. The van der Waals surface area contributed by atoms with Gasteiger partial charge in [0.25, 0.3) is 0 Å². The summed E-state index contributed by atoms with van der Waals surface area (Å²) in [6.45, 7) is 4.26. The van der Waals surface area contributed by atoms with Crippen LogP contribution in [0.25, 0.3) is 0 Å². The van der Waals surface area contributed by atoms with Gasteiger partial charge in [-0.15, -0.1) is 0 Å². The Hall–Kier alpha value is -1.13. The second kappa shape index (κ2) is 30.4. The van der Waals surface area contributed by atoms with E-state index in [2.05, 4.69) is 31.3 Å². The van der Waals surface area contributed by atoms with Crippen LogP contribution in [0.4, 0.5) is 0 Å². The van der Waals surface area contributed by atoms with Crippen LogP contribution in [0, 0.1) is 0 Å². The number of nitrogens with one attached hydrogen (secondary N) is 1.